The third-order valence-electron chi connectivity index (χ3n) is 5.42. The van der Waals surface area contributed by atoms with Crippen LogP contribution >= 0.6 is 62.3 Å². The van der Waals surface area contributed by atoms with Gasteiger partial charge < -0.3 is 10.6 Å². The number of allylic oxidation sites excluding steroid dienone is 3. The first-order valence-electron chi connectivity index (χ1n) is 9.78. The quantitative estimate of drug-likeness (QED) is 0.210. The van der Waals surface area contributed by atoms with E-state index in [-0.39, 0.29) is 29.1 Å². The maximum atomic E-state index is 12.9. The lowest BCUT2D eigenvalue weighted by molar-refractivity contribution is -0.126. The Labute approximate surface area is 218 Å². The van der Waals surface area contributed by atoms with Crippen molar-refractivity contribution >= 4 is 74.1 Å². The summed E-state index contributed by atoms with van der Waals surface area (Å²) in [5.41, 5.74) is 1.07. The summed E-state index contributed by atoms with van der Waals surface area (Å²) in [4.78, 5) is 24.8. The number of halogens is 7. The first kappa shape index (κ1) is 26.5. The van der Waals surface area contributed by atoms with Gasteiger partial charge in [0, 0.05) is 50.6 Å². The summed E-state index contributed by atoms with van der Waals surface area (Å²) in [5.74, 6) is -4.89. The Kier molecular flexibility index (Phi) is 7.91. The summed E-state index contributed by atoms with van der Waals surface area (Å²) in [6.45, 7) is 5.21. The molecule has 3 rings (SSSR count). The van der Waals surface area contributed by atoms with Gasteiger partial charge in [-0.25, -0.2) is 8.78 Å². The first-order chi connectivity index (χ1) is 15.2. The lowest BCUT2D eigenvalue weighted by atomic mass is 9.88. The van der Waals surface area contributed by atoms with E-state index in [1.165, 1.54) is 19.1 Å². The minimum Gasteiger partial charge on any atom is -0.349 e. The Morgan fingerprint density at radius 2 is 1.85 bits per heavy atom. The summed E-state index contributed by atoms with van der Waals surface area (Å²) in [7, 11) is 0. The molecule has 0 saturated heterocycles. The van der Waals surface area contributed by atoms with E-state index in [0.717, 1.165) is 10.0 Å². The van der Waals surface area contributed by atoms with Crippen molar-refractivity contribution in [3.63, 3.8) is 0 Å². The molecule has 2 unspecified atom stereocenters. The highest BCUT2D eigenvalue weighted by atomic mass is 79.9. The second-order valence-corrected chi connectivity index (χ2v) is 11.3. The molecule has 0 heterocycles. The molecule has 2 saturated carbocycles. The Morgan fingerprint density at radius 1 is 1.21 bits per heavy atom. The molecule has 2 amide bonds. The monoisotopic (exact) mass is 600 g/mol. The van der Waals surface area contributed by atoms with E-state index in [4.69, 9.17) is 46.4 Å². The van der Waals surface area contributed by atoms with Crippen LogP contribution in [0.25, 0.3) is 0 Å². The third kappa shape index (κ3) is 6.31. The topological polar surface area (TPSA) is 58.2 Å². The molecule has 1 aromatic rings. The van der Waals surface area contributed by atoms with Gasteiger partial charge in [0.05, 0.1) is 5.92 Å². The van der Waals surface area contributed by atoms with Gasteiger partial charge in [0.15, 0.2) is 0 Å². The summed E-state index contributed by atoms with van der Waals surface area (Å²) in [5, 5.41) is 5.67. The van der Waals surface area contributed by atoms with Gasteiger partial charge in [-0.1, -0.05) is 45.7 Å². The van der Waals surface area contributed by atoms with E-state index >= 15 is 0 Å². The third-order valence-corrected chi connectivity index (χ3v) is 7.44. The van der Waals surface area contributed by atoms with Crippen LogP contribution in [-0.4, -0.2) is 28.1 Å². The molecule has 2 fully saturated rings. The van der Waals surface area contributed by atoms with Gasteiger partial charge in [-0.15, -0.1) is 23.2 Å². The van der Waals surface area contributed by atoms with Crippen molar-refractivity contribution in [3.05, 3.63) is 68.3 Å². The molecular formula is C22H19BrCl4F2N2O2. The van der Waals surface area contributed by atoms with Crippen molar-refractivity contribution in [1.82, 2.24) is 10.6 Å². The molecule has 2 atom stereocenters. The molecule has 0 radical (unpaired) electrons. The molecule has 11 heteroatoms. The number of hydrogen-bond donors (Lipinski definition) is 2. The number of benzene rings is 1. The molecule has 0 bridgehead atoms. The lowest BCUT2D eigenvalue weighted by Crippen LogP contribution is -2.50. The van der Waals surface area contributed by atoms with Crippen molar-refractivity contribution in [1.29, 1.82) is 0 Å². The Bertz CT molecular complexity index is 1050. The number of amides is 2. The lowest BCUT2D eigenvalue weighted by Gasteiger charge is -2.35. The fraction of sp³-hybridized carbons (Fsp3) is 0.364. The van der Waals surface area contributed by atoms with Gasteiger partial charge in [0.25, 0.3) is 5.92 Å². The minimum atomic E-state index is -2.73. The number of carbonyl (C=O) groups excluding carboxylic acids is 2. The number of hydrogen-bond acceptors (Lipinski definition) is 2. The van der Waals surface area contributed by atoms with Gasteiger partial charge in [0.2, 0.25) is 11.8 Å². The molecule has 33 heavy (non-hydrogen) atoms. The maximum absolute atomic E-state index is 12.9. The van der Waals surface area contributed by atoms with E-state index in [9.17, 15) is 18.4 Å². The van der Waals surface area contributed by atoms with Crippen LogP contribution in [0, 0.1) is 5.92 Å². The van der Waals surface area contributed by atoms with Gasteiger partial charge >= 0.3 is 0 Å². The van der Waals surface area contributed by atoms with E-state index in [0.29, 0.717) is 5.02 Å². The molecule has 2 aliphatic rings. The fourth-order valence-corrected chi connectivity index (χ4v) is 5.43. The van der Waals surface area contributed by atoms with Crippen LogP contribution in [0.5, 0.6) is 0 Å². The maximum Gasteiger partial charge on any atom is 0.252 e. The van der Waals surface area contributed by atoms with Crippen molar-refractivity contribution in [2.45, 2.75) is 42.0 Å². The Morgan fingerprint density at radius 3 is 2.42 bits per heavy atom. The number of alkyl halides is 4. The highest BCUT2D eigenvalue weighted by Gasteiger charge is 2.67. The highest BCUT2D eigenvalue weighted by Crippen LogP contribution is 2.65. The second-order valence-electron chi connectivity index (χ2n) is 8.09. The van der Waals surface area contributed by atoms with Gasteiger partial charge in [-0.2, -0.15) is 0 Å². The molecule has 1 aromatic carbocycles. The van der Waals surface area contributed by atoms with E-state index in [2.05, 4.69) is 33.1 Å². The van der Waals surface area contributed by atoms with Crippen LogP contribution in [0.15, 0.2) is 57.7 Å². The summed E-state index contributed by atoms with van der Waals surface area (Å²) in [6.07, 6.45) is 2.01. The summed E-state index contributed by atoms with van der Waals surface area (Å²) >= 11 is 28.3. The van der Waals surface area contributed by atoms with E-state index < -0.39 is 39.9 Å². The van der Waals surface area contributed by atoms with Crippen LogP contribution < -0.4 is 10.6 Å². The van der Waals surface area contributed by atoms with Gasteiger partial charge in [-0.05, 0) is 42.8 Å². The molecule has 0 spiro atoms. The average Bonchev–Trinajstić information content (AvgIpc) is 3.25. The number of carbonyl (C=O) groups is 2. The molecule has 2 aliphatic carbocycles. The zero-order valence-electron chi connectivity index (χ0n) is 17.2. The second kappa shape index (κ2) is 9.86. The normalized spacial score (nSPS) is 24.0. The zero-order valence-corrected chi connectivity index (χ0v) is 21.8. The predicted octanol–water partition coefficient (Wildman–Crippen LogP) is 6.60. The van der Waals surface area contributed by atoms with Gasteiger partial charge in [-0.3, -0.25) is 9.59 Å². The minimum absolute atomic E-state index is 0.0751. The van der Waals surface area contributed by atoms with Gasteiger partial charge in [0.1, 0.15) is 4.33 Å². The largest absolute Gasteiger partial charge is 0.349 e. The molecule has 0 aromatic heterocycles. The SMILES string of the molecule is C=C(/C=C\C(Cl)=C(/C)C(=O)NC1CC(F)(F)C1)NC(=O)C1C(c2cc(Cl)cc(Br)c2)C1(Cl)Cl. The van der Waals surface area contributed by atoms with E-state index in [1.807, 2.05) is 0 Å². The first-order valence-corrected chi connectivity index (χ1v) is 12.1. The van der Waals surface area contributed by atoms with E-state index in [1.54, 1.807) is 18.2 Å². The highest BCUT2D eigenvalue weighted by molar-refractivity contribution is 9.10. The van der Waals surface area contributed by atoms with Crippen LogP contribution in [0.1, 0.15) is 31.2 Å². The predicted molar refractivity (Wildman–Crippen MR) is 131 cm³/mol. The standard InChI is InChI=1S/C22H19BrCl4F2N2O2/c1-10(3-4-16(25)11(2)19(32)31-15-8-21(28,29)9-15)30-20(33)18-17(22(18,26)27)12-5-13(23)7-14(24)6-12/h3-7,15,17-18H,1,8-9H2,2H3,(H,30,33)(H,31,32)/b4-3-,16-11-. The van der Waals surface area contributed by atoms with Crippen LogP contribution in [0.2, 0.25) is 5.02 Å². The van der Waals surface area contributed by atoms with Crippen molar-refractivity contribution < 1.29 is 18.4 Å². The Balaban J connectivity index is 1.57. The Hall–Kier alpha value is -1.12. The smallest absolute Gasteiger partial charge is 0.252 e. The summed E-state index contributed by atoms with van der Waals surface area (Å²) in [6, 6.07) is 4.62. The van der Waals surface area contributed by atoms with Crippen molar-refractivity contribution in [3.8, 4) is 0 Å². The summed E-state index contributed by atoms with van der Waals surface area (Å²) < 4.78 is 25.2. The molecule has 178 valence electrons. The molecule has 0 aliphatic heterocycles. The molecular weight excluding hydrogens is 584 g/mol. The van der Waals surface area contributed by atoms with Crippen molar-refractivity contribution in [2.24, 2.45) is 5.92 Å². The molecule has 4 nitrogen and oxygen atoms in total. The van der Waals surface area contributed by atoms with Crippen LogP contribution in [-0.2, 0) is 9.59 Å². The fourth-order valence-electron chi connectivity index (χ4n) is 3.56. The van der Waals surface area contributed by atoms with Crippen LogP contribution in [0.3, 0.4) is 0 Å². The van der Waals surface area contributed by atoms with Crippen LogP contribution in [0.4, 0.5) is 8.78 Å². The zero-order chi connectivity index (χ0) is 24.7. The average molecular weight is 603 g/mol. The number of rotatable bonds is 7. The number of nitrogens with one attached hydrogen (secondary N) is 2. The molecule has 2 N–H and O–H groups in total. The van der Waals surface area contributed by atoms with Crippen molar-refractivity contribution in [2.75, 3.05) is 0 Å².